The summed E-state index contributed by atoms with van der Waals surface area (Å²) in [6.45, 7) is 1.76. The van der Waals surface area contributed by atoms with E-state index in [1.807, 2.05) is 12.1 Å². The normalized spacial score (nSPS) is 9.44. The van der Waals surface area contributed by atoms with Crippen molar-refractivity contribution in [3.63, 3.8) is 0 Å². The number of nitrogens with zero attached hydrogens (tertiary/aromatic N) is 6. The molecule has 0 spiro atoms. The number of nitriles is 2. The molecule has 76 valence electrons. The molecule has 0 radical (unpaired) electrons. The Morgan fingerprint density at radius 3 is 2.75 bits per heavy atom. The van der Waals surface area contributed by atoms with E-state index in [-0.39, 0.29) is 17.5 Å². The van der Waals surface area contributed by atoms with E-state index in [0.29, 0.717) is 5.69 Å². The van der Waals surface area contributed by atoms with Crippen LogP contribution in [0.5, 0.6) is 0 Å². The summed E-state index contributed by atoms with van der Waals surface area (Å²) in [4.78, 5) is 12.0. The van der Waals surface area contributed by atoms with Crippen molar-refractivity contribution in [3.05, 3.63) is 35.7 Å². The molecule has 2 aromatic heterocycles. The molecule has 2 rings (SSSR count). The van der Waals surface area contributed by atoms with Crippen LogP contribution in [0.1, 0.15) is 17.2 Å². The minimum atomic E-state index is 0.189. The fourth-order valence-electron chi connectivity index (χ4n) is 1.27. The van der Waals surface area contributed by atoms with Crippen LogP contribution in [0.15, 0.2) is 18.5 Å². The summed E-state index contributed by atoms with van der Waals surface area (Å²) in [5.41, 5.74) is 0.930. The molecule has 0 aliphatic carbocycles. The van der Waals surface area contributed by atoms with Crippen LogP contribution in [0.2, 0.25) is 0 Å². The van der Waals surface area contributed by atoms with Crippen molar-refractivity contribution in [3.8, 4) is 18.1 Å². The smallest absolute Gasteiger partial charge is 0.237 e. The van der Waals surface area contributed by atoms with Gasteiger partial charge in [0, 0.05) is 18.1 Å². The van der Waals surface area contributed by atoms with Crippen molar-refractivity contribution in [2.24, 2.45) is 0 Å². The second-order valence-electron chi connectivity index (χ2n) is 3.04. The molecule has 16 heavy (non-hydrogen) atoms. The van der Waals surface area contributed by atoms with E-state index >= 15 is 0 Å². The van der Waals surface area contributed by atoms with E-state index in [4.69, 9.17) is 10.5 Å². The van der Waals surface area contributed by atoms with Gasteiger partial charge >= 0.3 is 0 Å². The van der Waals surface area contributed by atoms with E-state index in [1.54, 1.807) is 19.2 Å². The molecule has 0 aliphatic rings. The fourth-order valence-corrected chi connectivity index (χ4v) is 1.27. The van der Waals surface area contributed by atoms with Gasteiger partial charge < -0.3 is 0 Å². The van der Waals surface area contributed by atoms with Crippen molar-refractivity contribution in [1.29, 1.82) is 10.5 Å². The molecule has 0 N–H and O–H groups in total. The quantitative estimate of drug-likeness (QED) is 0.691. The van der Waals surface area contributed by atoms with Gasteiger partial charge in [-0.2, -0.15) is 10.5 Å². The summed E-state index contributed by atoms with van der Waals surface area (Å²) in [7, 11) is 0. The van der Waals surface area contributed by atoms with Crippen LogP contribution in [0.3, 0.4) is 0 Å². The maximum atomic E-state index is 8.81. The van der Waals surface area contributed by atoms with Crippen LogP contribution in [-0.2, 0) is 0 Å². The first kappa shape index (κ1) is 9.81. The van der Waals surface area contributed by atoms with Crippen molar-refractivity contribution in [1.82, 2.24) is 19.5 Å². The SMILES string of the molecule is Cc1cc(C#N)nc(-n2ccnc2C#N)n1. The zero-order chi connectivity index (χ0) is 11.5. The maximum absolute atomic E-state index is 8.81. The molecule has 2 aromatic rings. The first-order chi connectivity index (χ1) is 7.74. The second kappa shape index (κ2) is 3.79. The highest BCUT2D eigenvalue weighted by molar-refractivity contribution is 5.30. The van der Waals surface area contributed by atoms with Crippen molar-refractivity contribution in [2.45, 2.75) is 6.92 Å². The molecule has 6 heteroatoms. The summed E-state index contributed by atoms with van der Waals surface area (Å²) in [6.07, 6.45) is 3.06. The molecule has 0 aliphatic heterocycles. The molecule has 0 fully saturated rings. The highest BCUT2D eigenvalue weighted by Crippen LogP contribution is 2.07. The summed E-state index contributed by atoms with van der Waals surface area (Å²) in [6, 6.07) is 5.44. The summed E-state index contributed by atoms with van der Waals surface area (Å²) in [5.74, 6) is 0.472. The predicted molar refractivity (Wildman–Crippen MR) is 53.3 cm³/mol. The van der Waals surface area contributed by atoms with Gasteiger partial charge in [0.2, 0.25) is 11.8 Å². The molecule has 0 unspecified atom stereocenters. The Bertz CT molecular complexity index is 613. The first-order valence-electron chi connectivity index (χ1n) is 4.44. The topological polar surface area (TPSA) is 91.2 Å². The number of aromatic nitrogens is 4. The zero-order valence-electron chi connectivity index (χ0n) is 8.42. The molecule has 0 atom stereocenters. The van der Waals surface area contributed by atoms with E-state index in [0.717, 1.165) is 0 Å². The third kappa shape index (κ3) is 1.60. The Labute approximate surface area is 91.4 Å². The van der Waals surface area contributed by atoms with Gasteiger partial charge in [-0.3, -0.25) is 4.57 Å². The number of hydrogen-bond acceptors (Lipinski definition) is 5. The molecular weight excluding hydrogens is 204 g/mol. The molecular formula is C10H6N6. The van der Waals surface area contributed by atoms with Crippen molar-refractivity contribution >= 4 is 0 Å². The third-order valence-corrected chi connectivity index (χ3v) is 1.91. The van der Waals surface area contributed by atoms with Crippen molar-refractivity contribution in [2.75, 3.05) is 0 Å². The Morgan fingerprint density at radius 2 is 2.06 bits per heavy atom. The van der Waals surface area contributed by atoms with Crippen LogP contribution in [0.4, 0.5) is 0 Å². The third-order valence-electron chi connectivity index (χ3n) is 1.91. The van der Waals surface area contributed by atoms with E-state index < -0.39 is 0 Å². The standard InChI is InChI=1S/C10H6N6/c1-7-4-8(5-11)15-10(14-7)16-3-2-13-9(16)6-12/h2-4H,1H3. The van der Waals surface area contributed by atoms with Crippen LogP contribution in [0, 0.1) is 29.6 Å². The predicted octanol–water partition coefficient (Wildman–Crippen LogP) is 0.714. The zero-order valence-corrected chi connectivity index (χ0v) is 8.42. The molecule has 0 aromatic carbocycles. The number of imidazole rings is 1. The lowest BCUT2D eigenvalue weighted by Crippen LogP contribution is -2.05. The minimum absolute atomic E-state index is 0.189. The van der Waals surface area contributed by atoms with Gasteiger partial charge in [0.1, 0.15) is 17.8 Å². The van der Waals surface area contributed by atoms with E-state index in [9.17, 15) is 0 Å². The largest absolute Gasteiger partial charge is 0.259 e. The molecule has 0 saturated heterocycles. The summed E-state index contributed by atoms with van der Waals surface area (Å²) in [5, 5.41) is 17.6. The Morgan fingerprint density at radius 1 is 1.25 bits per heavy atom. The molecule has 2 heterocycles. The van der Waals surface area contributed by atoms with Crippen molar-refractivity contribution < 1.29 is 0 Å². The summed E-state index contributed by atoms with van der Waals surface area (Å²) < 4.78 is 1.44. The molecule has 0 amide bonds. The lowest BCUT2D eigenvalue weighted by Gasteiger charge is -2.02. The highest BCUT2D eigenvalue weighted by Gasteiger charge is 2.08. The van der Waals surface area contributed by atoms with Gasteiger partial charge in [0.05, 0.1) is 0 Å². The molecule has 0 bridgehead atoms. The first-order valence-corrected chi connectivity index (χ1v) is 4.44. The van der Waals surface area contributed by atoms with Crippen LogP contribution >= 0.6 is 0 Å². The van der Waals surface area contributed by atoms with Gasteiger partial charge in [0.15, 0.2) is 0 Å². The maximum Gasteiger partial charge on any atom is 0.237 e. The monoisotopic (exact) mass is 210 g/mol. The van der Waals surface area contributed by atoms with Crippen LogP contribution in [0.25, 0.3) is 5.95 Å². The van der Waals surface area contributed by atoms with E-state index in [1.165, 1.54) is 10.8 Å². The van der Waals surface area contributed by atoms with Gasteiger partial charge in [-0.25, -0.2) is 15.0 Å². The highest BCUT2D eigenvalue weighted by atomic mass is 15.2. The van der Waals surface area contributed by atoms with Gasteiger partial charge in [-0.15, -0.1) is 0 Å². The fraction of sp³-hybridized carbons (Fsp3) is 0.100. The average Bonchev–Trinajstić information content (AvgIpc) is 2.76. The lowest BCUT2D eigenvalue weighted by molar-refractivity contribution is 0.888. The number of aryl methyl sites for hydroxylation is 1. The molecule has 0 saturated carbocycles. The Hall–Kier alpha value is -2.73. The van der Waals surface area contributed by atoms with Crippen LogP contribution in [-0.4, -0.2) is 19.5 Å². The second-order valence-corrected chi connectivity index (χ2v) is 3.04. The Kier molecular flexibility index (Phi) is 2.33. The molecule has 6 nitrogen and oxygen atoms in total. The average molecular weight is 210 g/mol. The van der Waals surface area contributed by atoms with Gasteiger partial charge in [0.25, 0.3) is 0 Å². The number of hydrogen-bond donors (Lipinski definition) is 0. The minimum Gasteiger partial charge on any atom is -0.259 e. The van der Waals surface area contributed by atoms with Crippen LogP contribution < -0.4 is 0 Å². The summed E-state index contributed by atoms with van der Waals surface area (Å²) >= 11 is 0. The lowest BCUT2D eigenvalue weighted by atomic mass is 10.3. The van der Waals surface area contributed by atoms with Gasteiger partial charge in [-0.05, 0) is 13.0 Å². The Balaban J connectivity index is 2.62. The van der Waals surface area contributed by atoms with E-state index in [2.05, 4.69) is 15.0 Å². The van der Waals surface area contributed by atoms with Gasteiger partial charge in [-0.1, -0.05) is 0 Å². The number of rotatable bonds is 1.